The van der Waals surface area contributed by atoms with Crippen molar-refractivity contribution in [2.75, 3.05) is 54.1 Å². The van der Waals surface area contributed by atoms with E-state index in [1.807, 2.05) is 12.1 Å². The van der Waals surface area contributed by atoms with E-state index in [0.29, 0.717) is 22.8 Å². The molecule has 1 fully saturated rings. The van der Waals surface area contributed by atoms with Crippen LogP contribution in [0.3, 0.4) is 0 Å². The number of hydrogen-bond donors (Lipinski definition) is 3. The fourth-order valence-electron chi connectivity index (χ4n) is 3.53. The van der Waals surface area contributed by atoms with Crippen molar-refractivity contribution in [2.45, 2.75) is 13.3 Å². The number of benzene rings is 2. The summed E-state index contributed by atoms with van der Waals surface area (Å²) in [4.78, 5) is 24.6. The van der Waals surface area contributed by atoms with Gasteiger partial charge in [-0.25, -0.2) is 9.37 Å². The number of likely N-dealkylation sites (N-methyl/N-ethyl adjacent to an activating group) is 1. The number of nitrogens with zero attached hydrogens (tertiary/aromatic N) is 4. The van der Waals surface area contributed by atoms with Gasteiger partial charge in [-0.1, -0.05) is 18.5 Å². The van der Waals surface area contributed by atoms with E-state index in [2.05, 4.69) is 54.9 Å². The molecule has 1 aliphatic heterocycles. The van der Waals surface area contributed by atoms with E-state index < -0.39 is 5.82 Å². The quantitative estimate of drug-likeness (QED) is 0.442. The van der Waals surface area contributed by atoms with Crippen LogP contribution in [0.1, 0.15) is 13.3 Å². The molecule has 3 N–H and O–H groups in total. The maximum atomic E-state index is 14.4. The Bertz CT molecular complexity index is 1150. The van der Waals surface area contributed by atoms with E-state index in [1.54, 1.807) is 25.1 Å². The van der Waals surface area contributed by atoms with Crippen LogP contribution in [0, 0.1) is 5.82 Å². The molecule has 4 rings (SSSR count). The Morgan fingerprint density at radius 1 is 1.06 bits per heavy atom. The standard InChI is InChI=1S/C24H27ClFN7O/c1-3-22(34)30-21-9-6-17(14-19(21)25)28-23-20(26)15-27-24(31-23)29-16-4-7-18(8-5-16)33-12-10-32(2)11-13-33/h4-9,14-15H,3,10-13H2,1-2H3,(H,30,34)(H2,27,28,29,31). The summed E-state index contributed by atoms with van der Waals surface area (Å²) in [6.07, 6.45) is 1.45. The monoisotopic (exact) mass is 483 g/mol. The van der Waals surface area contributed by atoms with Crippen molar-refractivity contribution in [3.63, 3.8) is 0 Å². The molecule has 0 aliphatic carbocycles. The summed E-state index contributed by atoms with van der Waals surface area (Å²) in [5.74, 6) is -0.477. The van der Waals surface area contributed by atoms with Crippen LogP contribution in [0.4, 0.5) is 38.9 Å². The molecule has 2 aromatic carbocycles. The Morgan fingerprint density at radius 3 is 2.44 bits per heavy atom. The topological polar surface area (TPSA) is 85.4 Å². The molecule has 0 atom stereocenters. The van der Waals surface area contributed by atoms with Crippen molar-refractivity contribution >= 4 is 52.0 Å². The van der Waals surface area contributed by atoms with Crippen molar-refractivity contribution in [1.82, 2.24) is 14.9 Å². The van der Waals surface area contributed by atoms with Crippen LogP contribution < -0.4 is 20.9 Å². The predicted octanol–water partition coefficient (Wildman–Crippen LogP) is 4.86. The van der Waals surface area contributed by atoms with E-state index in [9.17, 15) is 9.18 Å². The maximum absolute atomic E-state index is 14.4. The summed E-state index contributed by atoms with van der Waals surface area (Å²) in [5.41, 5.74) is 2.98. The Kier molecular flexibility index (Phi) is 7.44. The molecule has 0 unspecified atom stereocenters. The van der Waals surface area contributed by atoms with Crippen LogP contribution in [0.2, 0.25) is 5.02 Å². The molecule has 10 heteroatoms. The highest BCUT2D eigenvalue weighted by Gasteiger charge is 2.14. The molecule has 34 heavy (non-hydrogen) atoms. The van der Waals surface area contributed by atoms with Crippen LogP contribution in [0.5, 0.6) is 0 Å². The Labute approximate surface area is 203 Å². The lowest BCUT2D eigenvalue weighted by Gasteiger charge is -2.34. The van der Waals surface area contributed by atoms with E-state index in [-0.39, 0.29) is 17.7 Å². The van der Waals surface area contributed by atoms with E-state index in [0.717, 1.165) is 43.8 Å². The Morgan fingerprint density at radius 2 is 1.76 bits per heavy atom. The summed E-state index contributed by atoms with van der Waals surface area (Å²) in [6.45, 7) is 5.83. The first-order chi connectivity index (χ1) is 16.4. The van der Waals surface area contributed by atoms with Gasteiger partial charge in [0.05, 0.1) is 16.9 Å². The average Bonchev–Trinajstić information content (AvgIpc) is 2.84. The Hall–Kier alpha value is -3.43. The zero-order valence-electron chi connectivity index (χ0n) is 19.1. The summed E-state index contributed by atoms with van der Waals surface area (Å²) in [5, 5.41) is 9.07. The lowest BCUT2D eigenvalue weighted by atomic mass is 10.2. The van der Waals surface area contributed by atoms with Crippen LogP contribution in [0.25, 0.3) is 0 Å². The zero-order valence-corrected chi connectivity index (χ0v) is 19.9. The van der Waals surface area contributed by atoms with Crippen molar-refractivity contribution in [1.29, 1.82) is 0 Å². The number of anilines is 6. The first-order valence-electron chi connectivity index (χ1n) is 11.1. The largest absolute Gasteiger partial charge is 0.369 e. The molecule has 8 nitrogen and oxygen atoms in total. The highest BCUT2D eigenvalue weighted by Crippen LogP contribution is 2.28. The molecule has 0 radical (unpaired) electrons. The number of hydrogen-bond acceptors (Lipinski definition) is 7. The molecule has 0 saturated carbocycles. The lowest BCUT2D eigenvalue weighted by Crippen LogP contribution is -2.44. The lowest BCUT2D eigenvalue weighted by molar-refractivity contribution is -0.115. The molecule has 3 aromatic rings. The number of carbonyl (C=O) groups is 1. The molecule has 178 valence electrons. The fraction of sp³-hybridized carbons (Fsp3) is 0.292. The molecular weight excluding hydrogens is 457 g/mol. The van der Waals surface area contributed by atoms with Gasteiger partial charge in [-0.2, -0.15) is 4.98 Å². The number of rotatable bonds is 7. The SMILES string of the molecule is CCC(=O)Nc1ccc(Nc2nc(Nc3ccc(N4CCN(C)CC4)cc3)ncc2F)cc1Cl. The molecule has 0 spiro atoms. The maximum Gasteiger partial charge on any atom is 0.229 e. The van der Waals surface area contributed by atoms with Gasteiger partial charge in [-0.05, 0) is 49.5 Å². The van der Waals surface area contributed by atoms with E-state index >= 15 is 0 Å². The minimum Gasteiger partial charge on any atom is -0.369 e. The minimum atomic E-state index is -0.601. The van der Waals surface area contributed by atoms with Gasteiger partial charge in [0.15, 0.2) is 11.6 Å². The van der Waals surface area contributed by atoms with E-state index in [4.69, 9.17) is 11.6 Å². The zero-order chi connectivity index (χ0) is 24.1. The average molecular weight is 484 g/mol. The number of aromatic nitrogens is 2. The highest BCUT2D eigenvalue weighted by atomic mass is 35.5. The van der Waals surface area contributed by atoms with Gasteiger partial charge in [0.25, 0.3) is 0 Å². The fourth-order valence-corrected chi connectivity index (χ4v) is 3.76. The van der Waals surface area contributed by atoms with Crippen molar-refractivity contribution in [2.24, 2.45) is 0 Å². The molecule has 1 aromatic heterocycles. The third-order valence-corrected chi connectivity index (χ3v) is 5.88. The van der Waals surface area contributed by atoms with Crippen LogP contribution >= 0.6 is 11.6 Å². The summed E-state index contributed by atoms with van der Waals surface area (Å²) in [7, 11) is 2.13. The van der Waals surface area contributed by atoms with Crippen molar-refractivity contribution in [3.8, 4) is 0 Å². The van der Waals surface area contributed by atoms with Crippen LogP contribution in [0.15, 0.2) is 48.7 Å². The Balaban J connectivity index is 1.43. The normalized spacial score (nSPS) is 14.1. The van der Waals surface area contributed by atoms with Gasteiger partial charge in [-0.15, -0.1) is 0 Å². The second-order valence-electron chi connectivity index (χ2n) is 8.07. The second kappa shape index (κ2) is 10.7. The minimum absolute atomic E-state index is 0.00738. The smallest absolute Gasteiger partial charge is 0.229 e. The summed E-state index contributed by atoms with van der Waals surface area (Å²) in [6, 6.07) is 12.9. The third-order valence-electron chi connectivity index (χ3n) is 5.56. The van der Waals surface area contributed by atoms with Gasteiger partial charge < -0.3 is 25.8 Å². The third kappa shape index (κ3) is 5.92. The highest BCUT2D eigenvalue weighted by molar-refractivity contribution is 6.34. The molecule has 1 saturated heterocycles. The summed E-state index contributed by atoms with van der Waals surface area (Å²) >= 11 is 6.25. The molecule has 0 bridgehead atoms. The molecular formula is C24H27ClFN7O. The number of carbonyl (C=O) groups excluding carboxylic acids is 1. The number of piperazine rings is 1. The van der Waals surface area contributed by atoms with Gasteiger partial charge >= 0.3 is 0 Å². The van der Waals surface area contributed by atoms with Gasteiger partial charge in [0.1, 0.15) is 0 Å². The van der Waals surface area contributed by atoms with Gasteiger partial charge in [0.2, 0.25) is 11.9 Å². The first kappa shape index (κ1) is 23.7. The number of nitrogens with one attached hydrogen (secondary N) is 3. The number of halogens is 2. The van der Waals surface area contributed by atoms with Crippen LogP contribution in [-0.4, -0.2) is 54.0 Å². The second-order valence-corrected chi connectivity index (χ2v) is 8.48. The van der Waals surface area contributed by atoms with Crippen molar-refractivity contribution < 1.29 is 9.18 Å². The predicted molar refractivity (Wildman–Crippen MR) is 135 cm³/mol. The van der Waals surface area contributed by atoms with Gasteiger partial charge in [-0.3, -0.25) is 4.79 Å². The first-order valence-corrected chi connectivity index (χ1v) is 11.5. The summed E-state index contributed by atoms with van der Waals surface area (Å²) < 4.78 is 14.4. The molecule has 2 heterocycles. The molecule has 1 aliphatic rings. The molecule has 1 amide bonds. The van der Waals surface area contributed by atoms with Crippen molar-refractivity contribution in [3.05, 3.63) is 59.5 Å². The number of amides is 1. The van der Waals surface area contributed by atoms with Crippen LogP contribution in [-0.2, 0) is 4.79 Å². The van der Waals surface area contributed by atoms with Gasteiger partial charge in [0, 0.05) is 49.7 Å². The van der Waals surface area contributed by atoms with E-state index in [1.165, 1.54) is 0 Å².